The van der Waals surface area contributed by atoms with E-state index in [-0.39, 0.29) is 17.1 Å². The van der Waals surface area contributed by atoms with Crippen LogP contribution in [0, 0.1) is 20.2 Å². The van der Waals surface area contributed by atoms with Crippen LogP contribution in [0.4, 0.5) is 17.1 Å². The van der Waals surface area contributed by atoms with Gasteiger partial charge in [-0.15, -0.1) is 0 Å². The molecule has 0 atom stereocenters. The molecule has 0 aliphatic carbocycles. The Labute approximate surface area is 120 Å². The third kappa shape index (κ3) is 2.94. The first kappa shape index (κ1) is 14.4. The lowest BCUT2D eigenvalue weighted by Crippen LogP contribution is -2.30. The number of hydrogen-bond acceptors (Lipinski definition) is 5. The lowest BCUT2D eigenvalue weighted by Gasteiger charge is -2.10. The molecule has 0 N–H and O–H groups in total. The molecule has 108 valence electrons. The van der Waals surface area contributed by atoms with Crippen molar-refractivity contribution in [1.82, 2.24) is 0 Å². The van der Waals surface area contributed by atoms with Crippen molar-refractivity contribution >= 4 is 17.1 Å². The maximum absolute atomic E-state index is 11.1. The zero-order valence-electron chi connectivity index (χ0n) is 11.5. The van der Waals surface area contributed by atoms with E-state index in [2.05, 4.69) is 0 Å². The summed E-state index contributed by atoms with van der Waals surface area (Å²) in [4.78, 5) is 22.4. The number of non-ortho nitro benzene ring substituents is 1. The van der Waals surface area contributed by atoms with Gasteiger partial charge in [0.05, 0.1) is 9.85 Å². The second-order valence-corrected chi connectivity index (χ2v) is 4.55. The minimum Gasteiger partial charge on any atom is -0.377 e. The molecule has 0 spiro atoms. The van der Waals surface area contributed by atoms with E-state index in [0.717, 1.165) is 11.8 Å². The first-order valence-corrected chi connectivity index (χ1v) is 6.02. The van der Waals surface area contributed by atoms with E-state index in [1.54, 1.807) is 29.1 Å². The molecular formula is C13H13N4O4+. The molecule has 0 fully saturated rings. The SMILES string of the molecule is CN(C)c1cc[n+](-c2ccc([N+](=O)[O-])cc2[N+](=O)[O-])cc1. The summed E-state index contributed by atoms with van der Waals surface area (Å²) in [6, 6.07) is 7.17. The first-order valence-electron chi connectivity index (χ1n) is 6.02. The van der Waals surface area contributed by atoms with E-state index >= 15 is 0 Å². The molecule has 0 bridgehead atoms. The lowest BCUT2D eigenvalue weighted by molar-refractivity contribution is -0.600. The average Bonchev–Trinajstić information content (AvgIpc) is 2.46. The molecule has 0 aliphatic rings. The van der Waals surface area contributed by atoms with Crippen molar-refractivity contribution < 1.29 is 14.4 Å². The molecule has 8 nitrogen and oxygen atoms in total. The highest BCUT2D eigenvalue weighted by atomic mass is 16.6. The van der Waals surface area contributed by atoms with E-state index in [1.807, 2.05) is 19.0 Å². The van der Waals surface area contributed by atoms with Crippen LogP contribution in [0.25, 0.3) is 5.69 Å². The van der Waals surface area contributed by atoms with Gasteiger partial charge in [-0.25, -0.2) is 0 Å². The Balaban J connectivity index is 2.52. The summed E-state index contributed by atoms with van der Waals surface area (Å²) in [5.41, 5.74) is 0.592. The van der Waals surface area contributed by atoms with E-state index < -0.39 is 9.85 Å². The zero-order chi connectivity index (χ0) is 15.6. The number of anilines is 1. The van der Waals surface area contributed by atoms with Gasteiger partial charge in [0.25, 0.3) is 11.4 Å². The number of rotatable bonds is 4. The van der Waals surface area contributed by atoms with Crippen molar-refractivity contribution in [1.29, 1.82) is 0 Å². The molecule has 0 saturated carbocycles. The summed E-state index contributed by atoms with van der Waals surface area (Å²) < 4.78 is 1.55. The Bertz CT molecular complexity index is 698. The number of pyridine rings is 1. The van der Waals surface area contributed by atoms with Crippen LogP contribution >= 0.6 is 0 Å². The molecule has 8 heteroatoms. The largest absolute Gasteiger partial charge is 0.377 e. The number of nitrogens with zero attached hydrogens (tertiary/aromatic N) is 4. The first-order chi connectivity index (χ1) is 9.90. The van der Waals surface area contributed by atoms with E-state index in [1.165, 1.54) is 12.1 Å². The van der Waals surface area contributed by atoms with Crippen LogP contribution in [0.1, 0.15) is 0 Å². The molecule has 2 aromatic rings. The summed E-state index contributed by atoms with van der Waals surface area (Å²) in [5.74, 6) is 0. The van der Waals surface area contributed by atoms with Crippen molar-refractivity contribution in [2.45, 2.75) is 0 Å². The maximum atomic E-state index is 11.1. The standard InChI is InChI=1S/C13H13N4O4/c1-14(2)10-5-7-15(8-6-10)12-4-3-11(16(18)19)9-13(12)17(20)21/h3-9H,1-2H3/q+1. The molecule has 0 unspecified atom stereocenters. The average molecular weight is 289 g/mol. The van der Waals surface area contributed by atoms with Crippen LogP contribution < -0.4 is 9.47 Å². The Morgan fingerprint density at radius 1 is 1.00 bits per heavy atom. The van der Waals surface area contributed by atoms with Crippen LogP contribution in [0.15, 0.2) is 42.7 Å². The van der Waals surface area contributed by atoms with Crippen LogP contribution in [-0.2, 0) is 0 Å². The lowest BCUT2D eigenvalue weighted by atomic mass is 10.2. The topological polar surface area (TPSA) is 93.4 Å². The molecule has 0 aliphatic heterocycles. The Kier molecular flexibility index (Phi) is 3.79. The predicted octanol–water partition coefficient (Wildman–Crippen LogP) is 1.85. The molecule has 1 heterocycles. The summed E-state index contributed by atoms with van der Waals surface area (Å²) in [6.45, 7) is 0. The number of nitro groups is 2. The van der Waals surface area contributed by atoms with Crippen LogP contribution in [0.2, 0.25) is 0 Å². The highest BCUT2D eigenvalue weighted by Gasteiger charge is 2.25. The summed E-state index contributed by atoms with van der Waals surface area (Å²) in [6.07, 6.45) is 3.34. The Morgan fingerprint density at radius 3 is 2.10 bits per heavy atom. The monoisotopic (exact) mass is 289 g/mol. The fraction of sp³-hybridized carbons (Fsp3) is 0.154. The maximum Gasteiger partial charge on any atom is 0.347 e. The highest BCUT2D eigenvalue weighted by molar-refractivity contribution is 5.54. The smallest absolute Gasteiger partial charge is 0.347 e. The number of hydrogen-bond donors (Lipinski definition) is 0. The number of aromatic nitrogens is 1. The molecule has 1 aromatic carbocycles. The third-order valence-corrected chi connectivity index (χ3v) is 2.97. The highest BCUT2D eigenvalue weighted by Crippen LogP contribution is 2.24. The molecular weight excluding hydrogens is 276 g/mol. The van der Waals surface area contributed by atoms with E-state index in [0.29, 0.717) is 0 Å². The van der Waals surface area contributed by atoms with Crippen LogP contribution in [0.5, 0.6) is 0 Å². The second-order valence-electron chi connectivity index (χ2n) is 4.55. The van der Waals surface area contributed by atoms with Gasteiger partial charge in [0, 0.05) is 44.0 Å². The molecule has 0 radical (unpaired) electrons. The van der Waals surface area contributed by atoms with E-state index in [9.17, 15) is 20.2 Å². The van der Waals surface area contributed by atoms with E-state index in [4.69, 9.17) is 0 Å². The van der Waals surface area contributed by atoms with Crippen molar-refractivity contribution in [2.75, 3.05) is 19.0 Å². The predicted molar refractivity (Wildman–Crippen MR) is 75.6 cm³/mol. The van der Waals surface area contributed by atoms with Crippen LogP contribution in [-0.4, -0.2) is 23.9 Å². The van der Waals surface area contributed by atoms with Gasteiger partial charge >= 0.3 is 5.69 Å². The quantitative estimate of drug-likeness (QED) is 0.486. The fourth-order valence-electron chi connectivity index (χ4n) is 1.87. The molecule has 1 aromatic heterocycles. The molecule has 0 amide bonds. The Morgan fingerprint density at radius 2 is 1.62 bits per heavy atom. The van der Waals surface area contributed by atoms with Crippen molar-refractivity contribution in [3.05, 3.63) is 63.0 Å². The van der Waals surface area contributed by atoms with Gasteiger partial charge in [0.1, 0.15) is 6.07 Å². The van der Waals surface area contributed by atoms with Gasteiger partial charge in [-0.2, -0.15) is 4.57 Å². The van der Waals surface area contributed by atoms with Gasteiger partial charge in [0.2, 0.25) is 0 Å². The van der Waals surface area contributed by atoms with Gasteiger partial charge < -0.3 is 4.90 Å². The normalized spacial score (nSPS) is 10.2. The minimum atomic E-state index is -0.656. The second kappa shape index (κ2) is 5.53. The summed E-state index contributed by atoms with van der Waals surface area (Å²) in [7, 11) is 3.77. The number of benzene rings is 1. The Hall–Kier alpha value is -3.03. The number of nitro benzene ring substituents is 2. The van der Waals surface area contributed by atoms with Crippen molar-refractivity contribution in [3.8, 4) is 5.69 Å². The molecule has 21 heavy (non-hydrogen) atoms. The molecule has 0 saturated heterocycles. The van der Waals surface area contributed by atoms with Gasteiger partial charge in [-0.05, 0) is 0 Å². The third-order valence-electron chi connectivity index (χ3n) is 2.97. The summed E-state index contributed by atoms with van der Waals surface area (Å²) >= 11 is 0. The zero-order valence-corrected chi connectivity index (χ0v) is 11.5. The summed E-state index contributed by atoms with van der Waals surface area (Å²) in [5, 5.41) is 21.8. The van der Waals surface area contributed by atoms with Gasteiger partial charge in [-0.3, -0.25) is 20.2 Å². The molecule has 2 rings (SSSR count). The van der Waals surface area contributed by atoms with Gasteiger partial charge in [0.15, 0.2) is 12.4 Å². The van der Waals surface area contributed by atoms with Crippen molar-refractivity contribution in [3.63, 3.8) is 0 Å². The van der Waals surface area contributed by atoms with Crippen molar-refractivity contribution in [2.24, 2.45) is 0 Å². The minimum absolute atomic E-state index is 0.274. The van der Waals surface area contributed by atoms with Gasteiger partial charge in [-0.1, -0.05) is 0 Å². The fourth-order valence-corrected chi connectivity index (χ4v) is 1.87. The van der Waals surface area contributed by atoms with Crippen LogP contribution in [0.3, 0.4) is 0 Å².